The van der Waals surface area contributed by atoms with Crippen molar-refractivity contribution in [1.29, 1.82) is 0 Å². The summed E-state index contributed by atoms with van der Waals surface area (Å²) < 4.78 is 11.1. The molecule has 22 heavy (non-hydrogen) atoms. The molecule has 3 heterocycles. The van der Waals surface area contributed by atoms with Crippen LogP contribution in [0.4, 0.5) is 0 Å². The van der Waals surface area contributed by atoms with Crippen LogP contribution in [0.1, 0.15) is 44.9 Å². The van der Waals surface area contributed by atoms with E-state index in [9.17, 15) is 4.79 Å². The maximum Gasteiger partial charge on any atom is 0.258 e. The van der Waals surface area contributed by atoms with Gasteiger partial charge in [0.1, 0.15) is 11.5 Å². The molecule has 1 atom stereocenters. The van der Waals surface area contributed by atoms with Gasteiger partial charge in [-0.2, -0.15) is 5.10 Å². The number of nitrogens with one attached hydrogen (secondary N) is 1. The number of aromatic nitrogens is 2. The SMILES string of the molecule is Cc1cc(C(=O)N2CCOC[C@@H]2c2c(C)n[nH]c2C)c(C)o1. The molecule has 0 radical (unpaired) electrons. The van der Waals surface area contributed by atoms with Crippen LogP contribution in [0, 0.1) is 27.7 Å². The molecule has 3 rings (SSSR count). The van der Waals surface area contributed by atoms with Gasteiger partial charge in [-0.15, -0.1) is 0 Å². The number of ether oxygens (including phenoxy) is 1. The second-order valence-electron chi connectivity index (χ2n) is 5.76. The first kappa shape index (κ1) is 14.8. The molecule has 0 aromatic carbocycles. The highest BCUT2D eigenvalue weighted by Gasteiger charge is 2.33. The monoisotopic (exact) mass is 303 g/mol. The Bertz CT molecular complexity index is 682. The first-order valence-electron chi connectivity index (χ1n) is 7.46. The largest absolute Gasteiger partial charge is 0.466 e. The van der Waals surface area contributed by atoms with Gasteiger partial charge >= 0.3 is 0 Å². The number of carbonyl (C=O) groups excluding carboxylic acids is 1. The van der Waals surface area contributed by atoms with Gasteiger partial charge in [0.05, 0.1) is 30.5 Å². The average molecular weight is 303 g/mol. The normalized spacial score (nSPS) is 18.7. The van der Waals surface area contributed by atoms with Crippen LogP contribution in [0.3, 0.4) is 0 Å². The molecule has 0 aliphatic carbocycles. The number of hydrogen-bond acceptors (Lipinski definition) is 4. The second kappa shape index (κ2) is 5.61. The van der Waals surface area contributed by atoms with Gasteiger partial charge in [-0.25, -0.2) is 0 Å². The number of nitrogens with zero attached hydrogens (tertiary/aromatic N) is 2. The molecule has 6 heteroatoms. The maximum absolute atomic E-state index is 12.9. The van der Waals surface area contributed by atoms with Crippen LogP contribution in [0.2, 0.25) is 0 Å². The van der Waals surface area contributed by atoms with Crippen molar-refractivity contribution in [3.8, 4) is 0 Å². The number of H-pyrrole nitrogens is 1. The number of carbonyl (C=O) groups is 1. The quantitative estimate of drug-likeness (QED) is 0.925. The standard InChI is InChI=1S/C16H21N3O3/c1-9-7-13(12(4)22-9)16(20)19-5-6-21-8-14(19)15-10(2)17-18-11(15)3/h7,14H,5-6,8H2,1-4H3,(H,17,18)/t14-/m1/s1. The van der Waals surface area contributed by atoms with E-state index in [1.54, 1.807) is 6.07 Å². The lowest BCUT2D eigenvalue weighted by Crippen LogP contribution is -2.43. The van der Waals surface area contributed by atoms with Gasteiger partial charge in [0.15, 0.2) is 0 Å². The highest BCUT2D eigenvalue weighted by molar-refractivity contribution is 5.95. The van der Waals surface area contributed by atoms with E-state index in [0.717, 1.165) is 22.7 Å². The molecule has 1 N–H and O–H groups in total. The fraction of sp³-hybridized carbons (Fsp3) is 0.500. The van der Waals surface area contributed by atoms with Gasteiger partial charge in [0, 0.05) is 17.8 Å². The number of aryl methyl sites for hydroxylation is 4. The molecule has 1 fully saturated rings. The third-order valence-electron chi connectivity index (χ3n) is 4.18. The predicted octanol–water partition coefficient (Wildman–Crippen LogP) is 2.45. The van der Waals surface area contributed by atoms with Crippen molar-refractivity contribution in [2.75, 3.05) is 19.8 Å². The first-order chi connectivity index (χ1) is 10.5. The van der Waals surface area contributed by atoms with Crippen molar-refractivity contribution < 1.29 is 13.9 Å². The summed E-state index contributed by atoms with van der Waals surface area (Å²) in [5, 5.41) is 7.23. The molecule has 1 amide bonds. The minimum absolute atomic E-state index is 0.0114. The number of aromatic amines is 1. The summed E-state index contributed by atoms with van der Waals surface area (Å²) in [5.74, 6) is 1.40. The third-order valence-corrected chi connectivity index (χ3v) is 4.18. The summed E-state index contributed by atoms with van der Waals surface area (Å²) in [6.45, 7) is 9.20. The van der Waals surface area contributed by atoms with Gasteiger partial charge in [-0.1, -0.05) is 0 Å². The zero-order valence-electron chi connectivity index (χ0n) is 13.4. The Labute approximate surface area is 129 Å². The molecule has 0 unspecified atom stereocenters. The molecule has 1 saturated heterocycles. The number of morpholine rings is 1. The van der Waals surface area contributed by atoms with Crippen molar-refractivity contribution in [1.82, 2.24) is 15.1 Å². The van der Waals surface area contributed by atoms with Crippen LogP contribution in [0.5, 0.6) is 0 Å². The van der Waals surface area contributed by atoms with Crippen LogP contribution in [0.25, 0.3) is 0 Å². The van der Waals surface area contributed by atoms with E-state index >= 15 is 0 Å². The Kier molecular flexibility index (Phi) is 3.78. The Morgan fingerprint density at radius 2 is 2.14 bits per heavy atom. The fourth-order valence-electron chi connectivity index (χ4n) is 3.13. The summed E-state index contributed by atoms with van der Waals surface area (Å²) >= 11 is 0. The topological polar surface area (TPSA) is 71.4 Å². The maximum atomic E-state index is 12.9. The van der Waals surface area contributed by atoms with Crippen molar-refractivity contribution >= 4 is 5.91 Å². The number of hydrogen-bond donors (Lipinski definition) is 1. The summed E-state index contributed by atoms with van der Waals surface area (Å²) in [6, 6.07) is 1.69. The predicted molar refractivity (Wildman–Crippen MR) is 80.8 cm³/mol. The molecule has 1 aliphatic heterocycles. The van der Waals surface area contributed by atoms with Crippen LogP contribution >= 0.6 is 0 Å². The van der Waals surface area contributed by atoms with E-state index in [2.05, 4.69) is 10.2 Å². The van der Waals surface area contributed by atoms with Crippen LogP contribution in [-0.2, 0) is 4.74 Å². The lowest BCUT2D eigenvalue weighted by molar-refractivity contribution is -0.00310. The van der Waals surface area contributed by atoms with Crippen molar-refractivity contribution in [2.45, 2.75) is 33.7 Å². The van der Waals surface area contributed by atoms with Crippen molar-refractivity contribution in [3.63, 3.8) is 0 Å². The Hall–Kier alpha value is -2.08. The van der Waals surface area contributed by atoms with E-state index in [4.69, 9.17) is 9.15 Å². The lowest BCUT2D eigenvalue weighted by atomic mass is 10.0. The van der Waals surface area contributed by atoms with E-state index < -0.39 is 0 Å². The molecule has 0 saturated carbocycles. The van der Waals surface area contributed by atoms with E-state index in [0.29, 0.717) is 31.1 Å². The highest BCUT2D eigenvalue weighted by atomic mass is 16.5. The Balaban J connectivity index is 1.96. The van der Waals surface area contributed by atoms with Gasteiger partial charge in [-0.3, -0.25) is 9.89 Å². The average Bonchev–Trinajstić information content (AvgIpc) is 3.00. The molecule has 1 aliphatic rings. The smallest absolute Gasteiger partial charge is 0.258 e. The molecule has 118 valence electrons. The van der Waals surface area contributed by atoms with Crippen LogP contribution in [-0.4, -0.2) is 40.8 Å². The summed E-state index contributed by atoms with van der Waals surface area (Å²) in [4.78, 5) is 14.8. The summed E-state index contributed by atoms with van der Waals surface area (Å²) in [7, 11) is 0. The van der Waals surface area contributed by atoms with Gasteiger partial charge in [-0.05, 0) is 33.8 Å². The number of amides is 1. The summed E-state index contributed by atoms with van der Waals surface area (Å²) in [6.07, 6.45) is 0. The van der Waals surface area contributed by atoms with Gasteiger partial charge in [0.2, 0.25) is 0 Å². The summed E-state index contributed by atoms with van der Waals surface area (Å²) in [5.41, 5.74) is 3.56. The molecular formula is C16H21N3O3. The van der Waals surface area contributed by atoms with E-state index in [-0.39, 0.29) is 11.9 Å². The van der Waals surface area contributed by atoms with Crippen molar-refractivity contribution in [3.05, 3.63) is 40.1 Å². The molecule has 2 aromatic rings. The zero-order chi connectivity index (χ0) is 15.9. The van der Waals surface area contributed by atoms with Gasteiger partial charge in [0.25, 0.3) is 5.91 Å². The molecule has 2 aromatic heterocycles. The lowest BCUT2D eigenvalue weighted by Gasteiger charge is -2.36. The minimum Gasteiger partial charge on any atom is -0.466 e. The second-order valence-corrected chi connectivity index (χ2v) is 5.76. The number of furan rings is 1. The van der Waals surface area contributed by atoms with Gasteiger partial charge < -0.3 is 14.1 Å². The molecular weight excluding hydrogens is 282 g/mol. The van der Waals surface area contributed by atoms with Crippen molar-refractivity contribution in [2.24, 2.45) is 0 Å². The highest BCUT2D eigenvalue weighted by Crippen LogP contribution is 2.30. The molecule has 6 nitrogen and oxygen atoms in total. The third kappa shape index (κ3) is 2.43. The van der Waals surface area contributed by atoms with E-state index in [1.807, 2.05) is 32.6 Å². The molecule has 0 spiro atoms. The first-order valence-corrected chi connectivity index (χ1v) is 7.46. The fourth-order valence-corrected chi connectivity index (χ4v) is 3.13. The zero-order valence-corrected chi connectivity index (χ0v) is 13.4. The Morgan fingerprint density at radius 3 is 2.73 bits per heavy atom. The minimum atomic E-state index is -0.116. The van der Waals surface area contributed by atoms with Crippen LogP contribution in [0.15, 0.2) is 10.5 Å². The van der Waals surface area contributed by atoms with E-state index in [1.165, 1.54) is 0 Å². The molecule has 0 bridgehead atoms. The Morgan fingerprint density at radius 1 is 1.36 bits per heavy atom. The number of rotatable bonds is 2. The van der Waals surface area contributed by atoms with Crippen LogP contribution < -0.4 is 0 Å².